The molecule has 0 radical (unpaired) electrons. The van der Waals surface area contributed by atoms with Crippen LogP contribution in [0.4, 0.5) is 0 Å². The molecule has 5 nitrogen and oxygen atoms in total. The molecule has 0 bridgehead atoms. The Kier molecular flexibility index (Phi) is 11.8. The van der Waals surface area contributed by atoms with Crippen LogP contribution in [-0.2, 0) is 31.0 Å². The summed E-state index contributed by atoms with van der Waals surface area (Å²) in [6.07, 6.45) is 3.67. The van der Waals surface area contributed by atoms with Gasteiger partial charge in [-0.15, -0.1) is 0 Å². The molecule has 6 heteroatoms. The minimum absolute atomic E-state index is 0.390. The van der Waals surface area contributed by atoms with Gasteiger partial charge in [-0.25, -0.2) is 0 Å². The summed E-state index contributed by atoms with van der Waals surface area (Å²) in [6.45, 7) is 1.56. The minimum atomic E-state index is -3.54. The smallest absolute Gasteiger partial charge is 0.172 e. The average Bonchev–Trinajstić information content (AvgIpc) is 3.59. The summed E-state index contributed by atoms with van der Waals surface area (Å²) in [7, 11) is -3.54. The Hall–Kier alpha value is -6.55. The maximum absolute atomic E-state index is 16.9. The Labute approximate surface area is 353 Å². The van der Waals surface area contributed by atoms with Gasteiger partial charge in [-0.1, -0.05) is 152 Å². The van der Waals surface area contributed by atoms with E-state index in [1.54, 1.807) is 0 Å². The van der Waals surface area contributed by atoms with Crippen molar-refractivity contribution in [3.05, 3.63) is 233 Å². The monoisotopic (exact) mass is 806 g/mol. The first kappa shape index (κ1) is 38.9. The fourth-order valence-corrected chi connectivity index (χ4v) is 11.8. The second-order valence-electron chi connectivity index (χ2n) is 15.3. The van der Waals surface area contributed by atoms with Crippen molar-refractivity contribution < 1.29 is 23.5 Å². The van der Waals surface area contributed by atoms with Crippen LogP contribution in [0.2, 0.25) is 0 Å². The molecule has 298 valence electrons. The van der Waals surface area contributed by atoms with Crippen LogP contribution < -0.4 is 24.3 Å². The second-order valence-corrected chi connectivity index (χ2v) is 17.9. The van der Waals surface area contributed by atoms with Gasteiger partial charge in [-0.05, 0) is 94.5 Å². The predicted molar refractivity (Wildman–Crippen MR) is 242 cm³/mol. The van der Waals surface area contributed by atoms with E-state index in [2.05, 4.69) is 72.8 Å². The molecule has 0 N–H and O–H groups in total. The normalized spacial score (nSPS) is 14.4. The lowest BCUT2D eigenvalue weighted by atomic mass is 9.87. The number of allylic oxidation sites excluding steroid dienone is 2. The zero-order valence-electron chi connectivity index (χ0n) is 33.5. The van der Waals surface area contributed by atoms with Crippen LogP contribution in [0, 0.1) is 0 Å². The van der Waals surface area contributed by atoms with Crippen molar-refractivity contribution >= 4 is 23.1 Å². The molecule has 0 amide bonds. The molecule has 1 saturated carbocycles. The standard InChI is InChI=1S/C54H47O5P/c55-60(50-26-14-5-15-27-50)53(44-30-46(56-36-40-18-6-1-7-19-40)34-47(31-44)57-37-41-20-8-2-9-21-41)51-28-16-17-29-52(51)54(60)45-32-48(58-38-42-22-10-3-11-23-42)35-49(33-45)59-39-43-24-12-4-13-25-43/h1-15,18-27,30-35H,16-17,28-29,36-39H2. The van der Waals surface area contributed by atoms with E-state index < -0.39 is 7.14 Å². The van der Waals surface area contributed by atoms with Crippen molar-refractivity contribution in [2.24, 2.45) is 0 Å². The Balaban J connectivity index is 1.17. The molecule has 0 unspecified atom stereocenters. The van der Waals surface area contributed by atoms with Crippen LogP contribution in [0.3, 0.4) is 0 Å². The third-order valence-corrected chi connectivity index (χ3v) is 14.4. The molecule has 0 aromatic heterocycles. The molecule has 0 atom stereocenters. The van der Waals surface area contributed by atoms with Crippen molar-refractivity contribution in [3.8, 4) is 23.0 Å². The molecular formula is C54H47O5P. The summed E-state index contributed by atoms with van der Waals surface area (Å²) < 4.78 is 43.0. The number of benzene rings is 7. The topological polar surface area (TPSA) is 54.0 Å². The maximum Gasteiger partial charge on any atom is 0.172 e. The van der Waals surface area contributed by atoms with Crippen molar-refractivity contribution in [1.82, 2.24) is 0 Å². The summed E-state index contributed by atoms with van der Waals surface area (Å²) >= 11 is 0. The largest absolute Gasteiger partial charge is 0.489 e. The molecule has 7 aromatic carbocycles. The Bertz CT molecular complexity index is 2370. The molecule has 0 spiro atoms. The predicted octanol–water partition coefficient (Wildman–Crippen LogP) is 13.4. The molecule has 0 saturated heterocycles. The molecule has 1 aliphatic carbocycles. The lowest BCUT2D eigenvalue weighted by Crippen LogP contribution is -2.07. The van der Waals surface area contributed by atoms with Gasteiger partial charge in [0.25, 0.3) is 0 Å². The second kappa shape index (κ2) is 18.2. The zero-order valence-corrected chi connectivity index (χ0v) is 34.4. The van der Waals surface area contributed by atoms with Crippen LogP contribution in [0.1, 0.15) is 59.1 Å². The van der Waals surface area contributed by atoms with Gasteiger partial charge in [0.15, 0.2) is 7.14 Å². The van der Waals surface area contributed by atoms with E-state index in [-0.39, 0.29) is 0 Å². The van der Waals surface area contributed by atoms with Crippen LogP contribution >= 0.6 is 7.14 Å². The highest BCUT2D eigenvalue weighted by Crippen LogP contribution is 2.75. The van der Waals surface area contributed by atoms with Crippen LogP contribution in [0.5, 0.6) is 23.0 Å². The van der Waals surface area contributed by atoms with Gasteiger partial charge in [-0.3, -0.25) is 0 Å². The van der Waals surface area contributed by atoms with E-state index >= 15 is 4.57 Å². The van der Waals surface area contributed by atoms with Gasteiger partial charge in [-0.2, -0.15) is 0 Å². The number of fused-ring (bicyclic) bond motifs is 1. The maximum atomic E-state index is 16.9. The minimum Gasteiger partial charge on any atom is -0.489 e. The molecule has 7 aromatic rings. The van der Waals surface area contributed by atoms with Gasteiger partial charge < -0.3 is 23.5 Å². The van der Waals surface area contributed by atoms with Crippen molar-refractivity contribution in [3.63, 3.8) is 0 Å². The van der Waals surface area contributed by atoms with E-state index in [1.165, 1.54) is 0 Å². The van der Waals surface area contributed by atoms with E-state index in [0.717, 1.165) is 86.1 Å². The molecular weight excluding hydrogens is 760 g/mol. The summed E-state index contributed by atoms with van der Waals surface area (Å²) in [5.41, 5.74) is 8.24. The van der Waals surface area contributed by atoms with Crippen LogP contribution in [0.15, 0.2) is 199 Å². The number of ether oxygens (including phenoxy) is 4. The van der Waals surface area contributed by atoms with Crippen LogP contribution in [-0.4, -0.2) is 0 Å². The molecule has 9 rings (SSSR count). The van der Waals surface area contributed by atoms with E-state index in [1.807, 2.05) is 115 Å². The van der Waals surface area contributed by atoms with Gasteiger partial charge in [0.2, 0.25) is 0 Å². The lowest BCUT2D eigenvalue weighted by molar-refractivity contribution is 0.289. The summed E-state index contributed by atoms with van der Waals surface area (Å²) in [6, 6.07) is 62.7. The number of rotatable bonds is 15. The number of hydrogen-bond donors (Lipinski definition) is 0. The third kappa shape index (κ3) is 8.73. The van der Waals surface area contributed by atoms with E-state index in [9.17, 15) is 0 Å². The summed E-state index contributed by atoms with van der Waals surface area (Å²) in [5.74, 6) is 2.63. The lowest BCUT2D eigenvalue weighted by Gasteiger charge is -2.24. The SMILES string of the molecule is O=P1(c2ccccc2)C(c2cc(OCc3ccccc3)cc(OCc3ccccc3)c2)=C2CCCCC2=C1c1cc(OCc2ccccc2)cc(OCc2ccccc2)c1. The fourth-order valence-electron chi connectivity index (χ4n) is 8.24. The average molecular weight is 807 g/mol. The highest BCUT2D eigenvalue weighted by atomic mass is 31.2. The fraction of sp³-hybridized carbons (Fsp3) is 0.148. The van der Waals surface area contributed by atoms with Gasteiger partial charge in [0.05, 0.1) is 0 Å². The van der Waals surface area contributed by atoms with Gasteiger partial charge >= 0.3 is 0 Å². The van der Waals surface area contributed by atoms with Crippen molar-refractivity contribution in [1.29, 1.82) is 0 Å². The first-order chi connectivity index (χ1) is 29.6. The van der Waals surface area contributed by atoms with Crippen molar-refractivity contribution in [2.45, 2.75) is 52.1 Å². The number of hydrogen-bond acceptors (Lipinski definition) is 5. The summed E-state index contributed by atoms with van der Waals surface area (Å²) in [5, 5.41) is 2.50. The summed E-state index contributed by atoms with van der Waals surface area (Å²) in [4.78, 5) is 0. The highest BCUT2D eigenvalue weighted by Gasteiger charge is 2.46. The molecule has 60 heavy (non-hydrogen) atoms. The van der Waals surface area contributed by atoms with Gasteiger partial charge in [0, 0.05) is 28.1 Å². The van der Waals surface area contributed by atoms with Crippen LogP contribution in [0.25, 0.3) is 10.6 Å². The molecule has 1 heterocycles. The molecule has 2 aliphatic rings. The third-order valence-electron chi connectivity index (χ3n) is 11.1. The first-order valence-electron chi connectivity index (χ1n) is 20.7. The van der Waals surface area contributed by atoms with E-state index in [4.69, 9.17) is 18.9 Å². The quantitative estimate of drug-likeness (QED) is 0.0966. The Morgan fingerprint density at radius 2 is 0.650 bits per heavy atom. The Morgan fingerprint density at radius 3 is 0.950 bits per heavy atom. The van der Waals surface area contributed by atoms with Crippen molar-refractivity contribution in [2.75, 3.05) is 0 Å². The molecule has 1 aliphatic heterocycles. The Morgan fingerprint density at radius 1 is 0.367 bits per heavy atom. The molecule has 1 fully saturated rings. The zero-order chi connectivity index (χ0) is 40.6. The first-order valence-corrected chi connectivity index (χ1v) is 22.4. The van der Waals surface area contributed by atoms with E-state index in [0.29, 0.717) is 49.4 Å². The highest BCUT2D eigenvalue weighted by molar-refractivity contribution is 7.90. The van der Waals surface area contributed by atoms with Gasteiger partial charge in [0.1, 0.15) is 49.4 Å².